The summed E-state index contributed by atoms with van der Waals surface area (Å²) >= 11 is 0. The van der Waals surface area contributed by atoms with Crippen molar-refractivity contribution in [2.45, 2.75) is 20.0 Å². The first kappa shape index (κ1) is 18.6. The highest BCUT2D eigenvalue weighted by Gasteiger charge is 2.27. The Bertz CT molecular complexity index is 1080. The van der Waals surface area contributed by atoms with Gasteiger partial charge in [-0.15, -0.1) is 0 Å². The lowest BCUT2D eigenvalue weighted by atomic mass is 10.1. The van der Waals surface area contributed by atoms with Crippen molar-refractivity contribution in [3.05, 3.63) is 77.9 Å². The van der Waals surface area contributed by atoms with Gasteiger partial charge in [-0.1, -0.05) is 18.2 Å². The Morgan fingerprint density at radius 3 is 2.55 bits per heavy atom. The molecule has 2 amide bonds. The molecule has 0 spiro atoms. The number of hydrogen-bond donors (Lipinski definition) is 2. The second-order valence-electron chi connectivity index (χ2n) is 6.83. The average Bonchev–Trinajstić information content (AvgIpc) is 2.70. The molecule has 0 fully saturated rings. The molecule has 0 radical (unpaired) electrons. The molecule has 1 unspecified atom stereocenters. The number of carbonyl (C=O) groups excluding carboxylic acids is 2. The summed E-state index contributed by atoms with van der Waals surface area (Å²) in [6, 6.07) is 20.0. The lowest BCUT2D eigenvalue weighted by molar-refractivity contribution is -0.122. The summed E-state index contributed by atoms with van der Waals surface area (Å²) < 4.78 is 11.5. The van der Waals surface area contributed by atoms with E-state index in [1.54, 1.807) is 49.4 Å². The molecular weight excluding hydrogens is 368 g/mol. The lowest BCUT2D eigenvalue weighted by Gasteiger charge is -2.25. The monoisotopic (exact) mass is 388 g/mol. The zero-order chi connectivity index (χ0) is 20.4. The number of carbonyl (C=O) groups is 2. The van der Waals surface area contributed by atoms with Gasteiger partial charge in [-0.2, -0.15) is 0 Å². The van der Waals surface area contributed by atoms with E-state index in [1.165, 1.54) is 0 Å². The number of nitrogens with one attached hydrogen (secondary N) is 2. The van der Waals surface area contributed by atoms with Crippen molar-refractivity contribution < 1.29 is 19.1 Å². The number of hydrogen-bond acceptors (Lipinski definition) is 4. The smallest absolute Gasteiger partial charge is 0.265 e. The number of para-hydroxylation sites is 1. The molecule has 1 aliphatic rings. The first-order valence-electron chi connectivity index (χ1n) is 9.26. The number of ether oxygens (including phenoxy) is 2. The highest BCUT2D eigenvalue weighted by molar-refractivity contribution is 6.09. The third kappa shape index (κ3) is 4.06. The molecule has 3 aromatic rings. The van der Waals surface area contributed by atoms with E-state index in [4.69, 9.17) is 9.47 Å². The standard InChI is InChI=1S/C23H20N2O4/c1-14-5-3-6-18(13-14)29-17-11-9-16(10-12-17)24-23(27)19-7-4-8-20-21(19)28-15(2)22(26)25-20/h3-13,15H,1-2H3,(H,24,27)(H,25,26). The summed E-state index contributed by atoms with van der Waals surface area (Å²) in [5.74, 6) is 1.24. The molecule has 1 atom stereocenters. The summed E-state index contributed by atoms with van der Waals surface area (Å²) in [5.41, 5.74) is 2.58. The Morgan fingerprint density at radius 1 is 1.03 bits per heavy atom. The first-order chi connectivity index (χ1) is 14.0. The minimum atomic E-state index is -0.658. The molecule has 146 valence electrons. The largest absolute Gasteiger partial charge is 0.478 e. The normalized spacial score (nSPS) is 15.0. The van der Waals surface area contributed by atoms with Crippen molar-refractivity contribution in [3.8, 4) is 17.2 Å². The van der Waals surface area contributed by atoms with Crippen LogP contribution in [0.2, 0.25) is 0 Å². The topological polar surface area (TPSA) is 76.7 Å². The molecule has 0 bridgehead atoms. The van der Waals surface area contributed by atoms with Crippen LogP contribution in [0.15, 0.2) is 66.7 Å². The van der Waals surface area contributed by atoms with Gasteiger partial charge in [-0.3, -0.25) is 9.59 Å². The SMILES string of the molecule is Cc1cccc(Oc2ccc(NC(=O)c3cccc4c3OC(C)C(=O)N4)cc2)c1. The van der Waals surface area contributed by atoms with E-state index in [1.807, 2.05) is 31.2 Å². The van der Waals surface area contributed by atoms with Gasteiger partial charge in [0.2, 0.25) is 0 Å². The molecular formula is C23H20N2O4. The Hall–Kier alpha value is -3.80. The molecule has 0 aromatic heterocycles. The van der Waals surface area contributed by atoms with Gasteiger partial charge >= 0.3 is 0 Å². The van der Waals surface area contributed by atoms with Crippen molar-refractivity contribution in [1.82, 2.24) is 0 Å². The maximum absolute atomic E-state index is 12.8. The molecule has 0 saturated carbocycles. The Balaban J connectivity index is 1.48. The van der Waals surface area contributed by atoms with Gasteiger partial charge < -0.3 is 20.1 Å². The average molecular weight is 388 g/mol. The van der Waals surface area contributed by atoms with Gasteiger partial charge in [-0.05, 0) is 67.9 Å². The number of benzene rings is 3. The number of anilines is 2. The van der Waals surface area contributed by atoms with Crippen LogP contribution in [-0.2, 0) is 4.79 Å². The van der Waals surface area contributed by atoms with E-state index in [0.29, 0.717) is 28.4 Å². The molecule has 0 aliphatic carbocycles. The third-order valence-electron chi connectivity index (χ3n) is 4.52. The lowest BCUT2D eigenvalue weighted by Crippen LogP contribution is -2.35. The van der Waals surface area contributed by atoms with Crippen LogP contribution in [-0.4, -0.2) is 17.9 Å². The predicted molar refractivity (Wildman–Crippen MR) is 111 cm³/mol. The number of amides is 2. The second kappa shape index (κ2) is 7.67. The molecule has 3 aromatic carbocycles. The summed E-state index contributed by atoms with van der Waals surface area (Å²) in [5, 5.41) is 5.59. The van der Waals surface area contributed by atoms with E-state index in [2.05, 4.69) is 10.6 Å². The summed E-state index contributed by atoms with van der Waals surface area (Å²) in [6.45, 7) is 3.64. The van der Waals surface area contributed by atoms with Crippen LogP contribution >= 0.6 is 0 Å². The number of rotatable bonds is 4. The van der Waals surface area contributed by atoms with Crippen molar-refractivity contribution in [3.63, 3.8) is 0 Å². The van der Waals surface area contributed by atoms with Gasteiger partial charge in [0.05, 0.1) is 11.3 Å². The maximum atomic E-state index is 12.8. The van der Waals surface area contributed by atoms with Crippen LogP contribution in [0.5, 0.6) is 17.2 Å². The first-order valence-corrected chi connectivity index (χ1v) is 9.26. The summed E-state index contributed by atoms with van der Waals surface area (Å²) in [4.78, 5) is 24.5. The molecule has 6 heteroatoms. The van der Waals surface area contributed by atoms with Crippen LogP contribution in [0, 0.1) is 6.92 Å². The van der Waals surface area contributed by atoms with Crippen molar-refractivity contribution in [2.75, 3.05) is 10.6 Å². The molecule has 4 rings (SSSR count). The van der Waals surface area contributed by atoms with Crippen LogP contribution in [0.1, 0.15) is 22.8 Å². The van der Waals surface area contributed by atoms with Gasteiger partial charge in [0.15, 0.2) is 11.9 Å². The van der Waals surface area contributed by atoms with Crippen molar-refractivity contribution in [1.29, 1.82) is 0 Å². The minimum Gasteiger partial charge on any atom is -0.478 e. The van der Waals surface area contributed by atoms with Crippen molar-refractivity contribution >= 4 is 23.2 Å². The molecule has 0 saturated heterocycles. The number of aryl methyl sites for hydroxylation is 1. The van der Waals surface area contributed by atoms with Crippen LogP contribution < -0.4 is 20.1 Å². The quantitative estimate of drug-likeness (QED) is 0.676. The van der Waals surface area contributed by atoms with E-state index in [-0.39, 0.29) is 11.8 Å². The molecule has 29 heavy (non-hydrogen) atoms. The van der Waals surface area contributed by atoms with E-state index in [0.717, 1.165) is 11.3 Å². The van der Waals surface area contributed by atoms with E-state index >= 15 is 0 Å². The zero-order valence-electron chi connectivity index (χ0n) is 16.1. The van der Waals surface area contributed by atoms with Crippen LogP contribution in [0.25, 0.3) is 0 Å². The highest BCUT2D eigenvalue weighted by Crippen LogP contribution is 2.34. The fourth-order valence-electron chi connectivity index (χ4n) is 3.03. The number of fused-ring (bicyclic) bond motifs is 1. The van der Waals surface area contributed by atoms with Gasteiger partial charge in [0, 0.05) is 5.69 Å². The Morgan fingerprint density at radius 2 is 1.79 bits per heavy atom. The molecule has 1 heterocycles. The zero-order valence-corrected chi connectivity index (χ0v) is 16.1. The fourth-order valence-corrected chi connectivity index (χ4v) is 3.03. The minimum absolute atomic E-state index is 0.237. The Labute approximate surface area is 168 Å². The summed E-state index contributed by atoms with van der Waals surface area (Å²) in [7, 11) is 0. The third-order valence-corrected chi connectivity index (χ3v) is 4.52. The van der Waals surface area contributed by atoms with Crippen LogP contribution in [0.3, 0.4) is 0 Å². The maximum Gasteiger partial charge on any atom is 0.265 e. The molecule has 1 aliphatic heterocycles. The summed E-state index contributed by atoms with van der Waals surface area (Å²) in [6.07, 6.45) is -0.658. The second-order valence-corrected chi connectivity index (χ2v) is 6.83. The van der Waals surface area contributed by atoms with Gasteiger partial charge in [0.1, 0.15) is 11.5 Å². The van der Waals surface area contributed by atoms with E-state index in [9.17, 15) is 9.59 Å². The highest BCUT2D eigenvalue weighted by atomic mass is 16.5. The Kier molecular flexibility index (Phi) is 4.91. The van der Waals surface area contributed by atoms with E-state index < -0.39 is 6.10 Å². The molecule has 2 N–H and O–H groups in total. The fraction of sp³-hybridized carbons (Fsp3) is 0.130. The predicted octanol–water partition coefficient (Wildman–Crippen LogP) is 4.76. The molecule has 6 nitrogen and oxygen atoms in total. The van der Waals surface area contributed by atoms with Gasteiger partial charge in [-0.25, -0.2) is 0 Å². The van der Waals surface area contributed by atoms with Gasteiger partial charge in [0.25, 0.3) is 11.8 Å². The van der Waals surface area contributed by atoms with Crippen LogP contribution in [0.4, 0.5) is 11.4 Å². The van der Waals surface area contributed by atoms with Crippen molar-refractivity contribution in [2.24, 2.45) is 0 Å².